The molecule has 0 aliphatic rings. The molecule has 1 aromatic carbocycles. The van der Waals surface area contributed by atoms with Crippen molar-refractivity contribution in [2.45, 2.75) is 6.92 Å². The lowest BCUT2D eigenvalue weighted by atomic mass is 10.2. The second-order valence-corrected chi connectivity index (χ2v) is 4.29. The van der Waals surface area contributed by atoms with E-state index >= 15 is 0 Å². The van der Waals surface area contributed by atoms with Crippen molar-refractivity contribution >= 4 is 21.9 Å². The van der Waals surface area contributed by atoms with Crippen molar-refractivity contribution in [1.82, 2.24) is 4.98 Å². The maximum Gasteiger partial charge on any atom is 0.362 e. The number of rotatable bonds is 4. The molecule has 5 nitrogen and oxygen atoms in total. The van der Waals surface area contributed by atoms with Crippen molar-refractivity contribution in [2.24, 2.45) is 0 Å². The molecule has 1 N–H and O–H groups in total. The lowest BCUT2D eigenvalue weighted by molar-refractivity contribution is 0.0683. The van der Waals surface area contributed by atoms with Crippen LogP contribution in [0.15, 0.2) is 27.1 Å². The van der Waals surface area contributed by atoms with Crippen LogP contribution in [0.5, 0.6) is 5.95 Å². The zero-order chi connectivity index (χ0) is 14.0. The second kappa shape index (κ2) is 5.40. The van der Waals surface area contributed by atoms with Crippen molar-refractivity contribution in [1.29, 1.82) is 0 Å². The number of nitrogens with zero attached hydrogens (tertiary/aromatic N) is 1. The van der Waals surface area contributed by atoms with Gasteiger partial charge in [0, 0.05) is 0 Å². The number of hydrogen-bond donors (Lipinski definition) is 1. The summed E-state index contributed by atoms with van der Waals surface area (Å²) in [7, 11) is 0. The van der Waals surface area contributed by atoms with Gasteiger partial charge in [0.25, 0.3) is 0 Å². The highest BCUT2D eigenvalue weighted by molar-refractivity contribution is 9.10. The van der Waals surface area contributed by atoms with Crippen LogP contribution in [0.1, 0.15) is 17.4 Å². The Balaban J connectivity index is 2.54. The van der Waals surface area contributed by atoms with Gasteiger partial charge in [-0.1, -0.05) is 6.07 Å². The van der Waals surface area contributed by atoms with E-state index in [1.54, 1.807) is 13.0 Å². The highest BCUT2D eigenvalue weighted by atomic mass is 79.9. The average molecular weight is 330 g/mol. The van der Waals surface area contributed by atoms with Gasteiger partial charge in [0.15, 0.2) is 0 Å². The van der Waals surface area contributed by atoms with Crippen LogP contribution in [0.25, 0.3) is 11.5 Å². The molecule has 0 amide bonds. The number of oxazole rings is 1. The number of halogens is 2. The van der Waals surface area contributed by atoms with Crippen LogP contribution in [0.2, 0.25) is 0 Å². The number of hydrogen-bond acceptors (Lipinski definition) is 4. The first-order chi connectivity index (χ1) is 9.04. The third-order valence-electron chi connectivity index (χ3n) is 2.26. The Morgan fingerprint density at radius 2 is 2.32 bits per heavy atom. The molecule has 2 rings (SSSR count). The van der Waals surface area contributed by atoms with E-state index in [1.165, 1.54) is 12.1 Å². The van der Waals surface area contributed by atoms with Crippen molar-refractivity contribution in [3.8, 4) is 17.4 Å². The SMILES string of the molecule is CCOc1oc(-c2cccc(F)c2Br)nc1C(=O)O. The van der Waals surface area contributed by atoms with Crippen molar-refractivity contribution in [3.05, 3.63) is 34.2 Å². The predicted octanol–water partition coefficient (Wildman–Crippen LogP) is 3.34. The number of carboxylic acid groups (broad SMARTS) is 1. The monoisotopic (exact) mass is 329 g/mol. The van der Waals surface area contributed by atoms with Crippen LogP contribution in [0.4, 0.5) is 4.39 Å². The van der Waals surface area contributed by atoms with Crippen LogP contribution in [0, 0.1) is 5.82 Å². The van der Waals surface area contributed by atoms with Gasteiger partial charge < -0.3 is 14.3 Å². The lowest BCUT2D eigenvalue weighted by Gasteiger charge is -2.00. The summed E-state index contributed by atoms with van der Waals surface area (Å²) in [6.45, 7) is 1.92. The molecule has 0 radical (unpaired) electrons. The van der Waals surface area contributed by atoms with Crippen molar-refractivity contribution < 1.29 is 23.4 Å². The minimum atomic E-state index is -1.27. The van der Waals surface area contributed by atoms with Gasteiger partial charge in [0.1, 0.15) is 5.82 Å². The predicted molar refractivity (Wildman–Crippen MR) is 67.7 cm³/mol. The number of carbonyl (C=O) groups is 1. The van der Waals surface area contributed by atoms with E-state index in [1.807, 2.05) is 0 Å². The summed E-state index contributed by atoms with van der Waals surface area (Å²) < 4.78 is 23.8. The Morgan fingerprint density at radius 1 is 1.58 bits per heavy atom. The minimum Gasteiger partial charge on any atom is -0.476 e. The number of aromatic carboxylic acids is 1. The molecule has 0 bridgehead atoms. The van der Waals surface area contributed by atoms with E-state index in [0.29, 0.717) is 5.56 Å². The van der Waals surface area contributed by atoms with Gasteiger partial charge in [-0.3, -0.25) is 0 Å². The molecular formula is C12H9BrFNO4. The third-order valence-corrected chi connectivity index (χ3v) is 3.06. The summed E-state index contributed by atoms with van der Waals surface area (Å²) in [6, 6.07) is 4.29. The topological polar surface area (TPSA) is 72.6 Å². The quantitative estimate of drug-likeness (QED) is 0.931. The van der Waals surface area contributed by atoms with Crippen LogP contribution in [-0.2, 0) is 0 Å². The van der Waals surface area contributed by atoms with Gasteiger partial charge in [-0.05, 0) is 35.0 Å². The van der Waals surface area contributed by atoms with E-state index in [4.69, 9.17) is 14.3 Å². The van der Waals surface area contributed by atoms with Crippen LogP contribution < -0.4 is 4.74 Å². The molecular weight excluding hydrogens is 321 g/mol. The highest BCUT2D eigenvalue weighted by Gasteiger charge is 2.23. The number of ether oxygens (including phenoxy) is 1. The lowest BCUT2D eigenvalue weighted by Crippen LogP contribution is -2.01. The Hall–Kier alpha value is -1.89. The first kappa shape index (κ1) is 13.5. The number of benzene rings is 1. The molecule has 1 aromatic heterocycles. The molecule has 100 valence electrons. The Kier molecular flexibility index (Phi) is 3.84. The maximum absolute atomic E-state index is 13.4. The fourth-order valence-electron chi connectivity index (χ4n) is 1.45. The van der Waals surface area contributed by atoms with Gasteiger partial charge in [-0.25, -0.2) is 9.18 Å². The summed E-state index contributed by atoms with van der Waals surface area (Å²) in [5.74, 6) is -1.98. The van der Waals surface area contributed by atoms with E-state index in [9.17, 15) is 9.18 Å². The van der Waals surface area contributed by atoms with Gasteiger partial charge in [0.05, 0.1) is 16.6 Å². The molecule has 0 fully saturated rings. The minimum absolute atomic E-state index is 0.0211. The van der Waals surface area contributed by atoms with E-state index in [0.717, 1.165) is 0 Å². The van der Waals surface area contributed by atoms with Crippen LogP contribution in [0.3, 0.4) is 0 Å². The molecule has 0 saturated heterocycles. The fourth-order valence-corrected chi connectivity index (χ4v) is 1.89. The van der Waals surface area contributed by atoms with Gasteiger partial charge in [-0.2, -0.15) is 4.98 Å². The molecule has 0 aliphatic carbocycles. The van der Waals surface area contributed by atoms with Crippen molar-refractivity contribution in [2.75, 3.05) is 6.61 Å². The average Bonchev–Trinajstić information content (AvgIpc) is 2.77. The molecule has 0 atom stereocenters. The molecule has 1 heterocycles. The molecule has 7 heteroatoms. The Labute approximate surface area is 116 Å². The number of carboxylic acids is 1. The van der Waals surface area contributed by atoms with Gasteiger partial charge >= 0.3 is 11.9 Å². The summed E-state index contributed by atoms with van der Waals surface area (Å²) in [5, 5.41) is 8.99. The molecule has 0 spiro atoms. The zero-order valence-corrected chi connectivity index (χ0v) is 11.4. The molecule has 19 heavy (non-hydrogen) atoms. The first-order valence-electron chi connectivity index (χ1n) is 5.36. The Bertz CT molecular complexity index is 626. The summed E-state index contributed by atoms with van der Waals surface area (Å²) >= 11 is 3.06. The molecule has 0 saturated carbocycles. The standard InChI is InChI=1S/C12H9BrFNO4/c1-2-18-12-9(11(16)17)15-10(19-12)6-4-3-5-7(14)8(6)13/h3-5H,2H2,1H3,(H,16,17). The smallest absolute Gasteiger partial charge is 0.362 e. The fraction of sp³-hybridized carbons (Fsp3) is 0.167. The molecule has 2 aromatic rings. The van der Waals surface area contributed by atoms with Gasteiger partial charge in [-0.15, -0.1) is 0 Å². The second-order valence-electron chi connectivity index (χ2n) is 3.49. The maximum atomic E-state index is 13.4. The summed E-state index contributed by atoms with van der Waals surface area (Å²) in [5.41, 5.74) is -0.0264. The highest BCUT2D eigenvalue weighted by Crippen LogP contribution is 2.33. The van der Waals surface area contributed by atoms with Crippen LogP contribution in [-0.4, -0.2) is 22.7 Å². The third kappa shape index (κ3) is 2.60. The normalized spacial score (nSPS) is 10.5. The summed E-state index contributed by atoms with van der Waals surface area (Å²) in [6.07, 6.45) is 0. The van der Waals surface area contributed by atoms with E-state index in [-0.39, 0.29) is 28.6 Å². The number of aromatic nitrogens is 1. The van der Waals surface area contributed by atoms with Crippen LogP contribution >= 0.6 is 15.9 Å². The van der Waals surface area contributed by atoms with Crippen molar-refractivity contribution in [3.63, 3.8) is 0 Å². The zero-order valence-electron chi connectivity index (χ0n) is 9.81. The van der Waals surface area contributed by atoms with E-state index in [2.05, 4.69) is 20.9 Å². The largest absolute Gasteiger partial charge is 0.476 e. The van der Waals surface area contributed by atoms with E-state index < -0.39 is 11.8 Å². The molecule has 0 unspecified atom stereocenters. The van der Waals surface area contributed by atoms with Gasteiger partial charge in [0.2, 0.25) is 11.6 Å². The Morgan fingerprint density at radius 3 is 2.95 bits per heavy atom. The summed E-state index contributed by atoms with van der Waals surface area (Å²) in [4.78, 5) is 14.8. The molecule has 0 aliphatic heterocycles. The first-order valence-corrected chi connectivity index (χ1v) is 6.15.